The topological polar surface area (TPSA) is 0 Å². The molecule has 0 aromatic carbocycles. The molecule has 0 amide bonds. The summed E-state index contributed by atoms with van der Waals surface area (Å²) < 4.78 is 0. The maximum absolute atomic E-state index is 5.77. The average molecular weight is 169 g/mol. The molecule has 0 radical (unpaired) electrons. The highest BCUT2D eigenvalue weighted by molar-refractivity contribution is 7.44. The molecule has 0 N–H and O–H groups in total. The van der Waals surface area contributed by atoms with Gasteiger partial charge >= 0.3 is 0 Å². The summed E-state index contributed by atoms with van der Waals surface area (Å²) in [7, 11) is 0. The van der Waals surface area contributed by atoms with Gasteiger partial charge in [-0.05, 0) is 19.0 Å². The highest BCUT2D eigenvalue weighted by Crippen LogP contribution is 2.21. The standard InChI is InChI=1S/C5H10Cl2Si/c1-3-4-5-8(2,6)7/h3H,1,4-5H2,2H3. The zero-order valence-electron chi connectivity index (χ0n) is 4.95. The van der Waals surface area contributed by atoms with Gasteiger partial charge < -0.3 is 0 Å². The van der Waals surface area contributed by atoms with Crippen molar-refractivity contribution in [1.82, 2.24) is 0 Å². The van der Waals surface area contributed by atoms with Crippen LogP contribution in [0.25, 0.3) is 0 Å². The van der Waals surface area contributed by atoms with Gasteiger partial charge in [-0.25, -0.2) is 0 Å². The molecule has 0 nitrogen and oxygen atoms in total. The molecular weight excluding hydrogens is 159 g/mol. The number of halogens is 2. The second-order valence-electron chi connectivity index (χ2n) is 1.90. The lowest BCUT2D eigenvalue weighted by atomic mass is 10.5. The van der Waals surface area contributed by atoms with Crippen molar-refractivity contribution in [3.63, 3.8) is 0 Å². The summed E-state index contributed by atoms with van der Waals surface area (Å²) in [5, 5.41) is 0. The summed E-state index contributed by atoms with van der Waals surface area (Å²) >= 11 is 11.5. The Morgan fingerprint density at radius 2 is 2.12 bits per heavy atom. The molecule has 0 atom stereocenters. The van der Waals surface area contributed by atoms with E-state index in [1.54, 1.807) is 0 Å². The van der Waals surface area contributed by atoms with Gasteiger partial charge in [0.05, 0.1) is 0 Å². The van der Waals surface area contributed by atoms with Crippen molar-refractivity contribution in [1.29, 1.82) is 0 Å². The fourth-order valence-corrected chi connectivity index (χ4v) is 1.72. The van der Waals surface area contributed by atoms with E-state index in [9.17, 15) is 0 Å². The number of hydrogen-bond donors (Lipinski definition) is 0. The van der Waals surface area contributed by atoms with Crippen LogP contribution in [0.4, 0.5) is 0 Å². The third-order valence-corrected chi connectivity index (χ3v) is 3.09. The largest absolute Gasteiger partial charge is 0.248 e. The Morgan fingerprint density at radius 3 is 2.25 bits per heavy atom. The summed E-state index contributed by atoms with van der Waals surface area (Å²) in [5.74, 6) is 0. The molecule has 8 heavy (non-hydrogen) atoms. The molecule has 3 heteroatoms. The molecule has 0 aliphatic carbocycles. The van der Waals surface area contributed by atoms with Gasteiger partial charge in [-0.3, -0.25) is 0 Å². The van der Waals surface area contributed by atoms with Crippen molar-refractivity contribution < 1.29 is 0 Å². The summed E-state index contributed by atoms with van der Waals surface area (Å²) in [6.45, 7) is 3.68. The average Bonchev–Trinajstić information content (AvgIpc) is 1.59. The molecule has 0 bridgehead atoms. The van der Waals surface area contributed by atoms with Crippen LogP contribution in [0.3, 0.4) is 0 Å². The fourth-order valence-electron chi connectivity index (χ4n) is 0.356. The molecule has 0 heterocycles. The number of rotatable bonds is 3. The summed E-state index contributed by atoms with van der Waals surface area (Å²) in [6.07, 6.45) is 2.78. The Labute approximate surface area is 60.9 Å². The molecule has 0 aliphatic rings. The minimum Gasteiger partial charge on any atom is -0.146 e. The molecular formula is C5H10Cl2Si. The van der Waals surface area contributed by atoms with Gasteiger partial charge in [-0.15, -0.1) is 28.7 Å². The second-order valence-corrected chi connectivity index (χ2v) is 10.1. The van der Waals surface area contributed by atoms with E-state index in [0.29, 0.717) is 0 Å². The highest BCUT2D eigenvalue weighted by Gasteiger charge is 2.18. The third kappa shape index (κ3) is 6.54. The molecule has 0 rings (SSSR count). The van der Waals surface area contributed by atoms with E-state index < -0.39 is 6.69 Å². The molecule has 0 unspecified atom stereocenters. The normalized spacial score (nSPS) is 11.4. The molecule has 48 valence electrons. The Bertz CT molecular complexity index is 75.0. The van der Waals surface area contributed by atoms with Gasteiger partial charge in [0.15, 0.2) is 0 Å². The van der Waals surface area contributed by atoms with Gasteiger partial charge in [0.1, 0.15) is 0 Å². The Balaban J connectivity index is 3.24. The lowest BCUT2D eigenvalue weighted by molar-refractivity contribution is 1.20. The Morgan fingerprint density at radius 1 is 1.62 bits per heavy atom. The van der Waals surface area contributed by atoms with E-state index in [2.05, 4.69) is 6.58 Å². The molecule has 0 spiro atoms. The SMILES string of the molecule is C=CCC[Si](C)(Cl)Cl. The first-order chi connectivity index (χ1) is 3.56. The van der Waals surface area contributed by atoms with Crippen LogP contribution in [-0.4, -0.2) is 6.69 Å². The minimum absolute atomic E-state index is 0.916. The second kappa shape index (κ2) is 3.54. The summed E-state index contributed by atoms with van der Waals surface area (Å²) in [6, 6.07) is 0.916. The van der Waals surface area contributed by atoms with Crippen LogP contribution in [-0.2, 0) is 0 Å². The van der Waals surface area contributed by atoms with E-state index in [0.717, 1.165) is 12.5 Å². The number of allylic oxidation sites excluding steroid dienone is 1. The van der Waals surface area contributed by atoms with Gasteiger partial charge in [0.2, 0.25) is 6.69 Å². The van der Waals surface area contributed by atoms with Crippen LogP contribution in [0.5, 0.6) is 0 Å². The van der Waals surface area contributed by atoms with Gasteiger partial charge in [0.25, 0.3) is 0 Å². The third-order valence-electron chi connectivity index (χ3n) is 0.787. The quantitative estimate of drug-likeness (QED) is 0.346. The predicted octanol–water partition coefficient (Wildman–Crippen LogP) is 3.11. The van der Waals surface area contributed by atoms with Gasteiger partial charge in [-0.1, -0.05) is 6.08 Å². The van der Waals surface area contributed by atoms with Gasteiger partial charge in [-0.2, -0.15) is 0 Å². The van der Waals surface area contributed by atoms with E-state index in [1.807, 2.05) is 12.6 Å². The van der Waals surface area contributed by atoms with E-state index in [4.69, 9.17) is 22.2 Å². The maximum atomic E-state index is 5.77. The lowest BCUT2D eigenvalue weighted by Gasteiger charge is -2.05. The van der Waals surface area contributed by atoms with Crippen molar-refractivity contribution >= 4 is 28.9 Å². The van der Waals surface area contributed by atoms with Crippen molar-refractivity contribution in [2.45, 2.75) is 19.0 Å². The van der Waals surface area contributed by atoms with Gasteiger partial charge in [0, 0.05) is 0 Å². The molecule has 0 aliphatic heterocycles. The molecule has 0 fully saturated rings. The van der Waals surface area contributed by atoms with Crippen molar-refractivity contribution in [2.75, 3.05) is 0 Å². The van der Waals surface area contributed by atoms with Crippen LogP contribution in [0.1, 0.15) is 6.42 Å². The van der Waals surface area contributed by atoms with Crippen molar-refractivity contribution in [2.24, 2.45) is 0 Å². The van der Waals surface area contributed by atoms with Crippen molar-refractivity contribution in [3.8, 4) is 0 Å². The minimum atomic E-state index is -1.80. The predicted molar refractivity (Wildman–Crippen MR) is 42.9 cm³/mol. The van der Waals surface area contributed by atoms with E-state index in [-0.39, 0.29) is 0 Å². The summed E-state index contributed by atoms with van der Waals surface area (Å²) in [5.41, 5.74) is 0. The lowest BCUT2D eigenvalue weighted by Crippen LogP contribution is -2.10. The Hall–Kier alpha value is 0.537. The molecule has 0 saturated carbocycles. The highest BCUT2D eigenvalue weighted by atomic mass is 35.7. The monoisotopic (exact) mass is 168 g/mol. The first kappa shape index (κ1) is 8.54. The number of hydrogen-bond acceptors (Lipinski definition) is 0. The van der Waals surface area contributed by atoms with Crippen molar-refractivity contribution in [3.05, 3.63) is 12.7 Å². The van der Waals surface area contributed by atoms with Crippen LogP contribution in [0.2, 0.25) is 12.6 Å². The van der Waals surface area contributed by atoms with Crippen LogP contribution in [0.15, 0.2) is 12.7 Å². The van der Waals surface area contributed by atoms with Crippen LogP contribution in [0, 0.1) is 0 Å². The zero-order valence-corrected chi connectivity index (χ0v) is 7.47. The van der Waals surface area contributed by atoms with Crippen LogP contribution >= 0.6 is 22.2 Å². The summed E-state index contributed by atoms with van der Waals surface area (Å²) in [4.78, 5) is 0. The molecule has 0 aromatic heterocycles. The molecule has 0 aromatic rings. The van der Waals surface area contributed by atoms with E-state index in [1.165, 1.54) is 0 Å². The molecule has 0 saturated heterocycles. The van der Waals surface area contributed by atoms with E-state index >= 15 is 0 Å². The fraction of sp³-hybridized carbons (Fsp3) is 0.600. The first-order valence-corrected chi connectivity index (χ1v) is 7.28. The maximum Gasteiger partial charge on any atom is 0.248 e. The Kier molecular flexibility index (Phi) is 3.78. The smallest absolute Gasteiger partial charge is 0.146 e. The zero-order chi connectivity index (χ0) is 6.62. The van der Waals surface area contributed by atoms with Crippen LogP contribution < -0.4 is 0 Å². The first-order valence-electron chi connectivity index (χ1n) is 2.55.